The Morgan fingerprint density at radius 1 is 1.16 bits per heavy atom. The van der Waals surface area contributed by atoms with Crippen molar-refractivity contribution in [1.82, 2.24) is 0 Å². The zero-order chi connectivity index (χ0) is 14.4. The number of rotatable bonds is 7. The summed E-state index contributed by atoms with van der Waals surface area (Å²) in [5.41, 5.74) is 0.219. The van der Waals surface area contributed by atoms with Crippen LogP contribution in [0, 0.1) is 5.82 Å². The molecule has 19 heavy (non-hydrogen) atoms. The van der Waals surface area contributed by atoms with Crippen molar-refractivity contribution in [1.29, 1.82) is 0 Å². The summed E-state index contributed by atoms with van der Waals surface area (Å²) in [6.45, 7) is 5.44. The van der Waals surface area contributed by atoms with E-state index in [1.54, 1.807) is 6.07 Å². The molecule has 0 heterocycles. The third kappa shape index (κ3) is 5.55. The van der Waals surface area contributed by atoms with E-state index < -0.39 is 18.0 Å². The molecule has 0 amide bonds. The second-order valence-electron chi connectivity index (χ2n) is 4.71. The quantitative estimate of drug-likeness (QED) is 0.797. The lowest BCUT2D eigenvalue weighted by Crippen LogP contribution is -2.25. The number of benzene rings is 1. The van der Waals surface area contributed by atoms with Crippen molar-refractivity contribution in [2.75, 3.05) is 13.2 Å². The fraction of sp³-hybridized carbons (Fsp3) is 0.571. The Labute approximate surface area is 112 Å². The Hall–Kier alpha value is -1.17. The van der Waals surface area contributed by atoms with Crippen LogP contribution in [0.1, 0.15) is 32.4 Å². The molecule has 0 fully saturated rings. The van der Waals surface area contributed by atoms with Crippen LogP contribution in [0.25, 0.3) is 0 Å². The second-order valence-corrected chi connectivity index (χ2v) is 4.71. The molecule has 1 rings (SSSR count). The molecule has 1 unspecified atom stereocenters. The summed E-state index contributed by atoms with van der Waals surface area (Å²) in [5, 5.41) is 18.9. The molecule has 0 bridgehead atoms. The summed E-state index contributed by atoms with van der Waals surface area (Å²) in [6.07, 6.45) is -1.58. The van der Waals surface area contributed by atoms with Crippen LogP contribution in [0.5, 0.6) is 5.75 Å². The van der Waals surface area contributed by atoms with Crippen molar-refractivity contribution in [3.8, 4) is 5.75 Å². The van der Waals surface area contributed by atoms with E-state index in [1.807, 2.05) is 13.8 Å². The summed E-state index contributed by atoms with van der Waals surface area (Å²) < 4.78 is 24.0. The van der Waals surface area contributed by atoms with Crippen molar-refractivity contribution >= 4 is 0 Å². The molecule has 2 atom stereocenters. The monoisotopic (exact) mass is 272 g/mol. The summed E-state index contributed by atoms with van der Waals surface area (Å²) in [6, 6.07) is 4.21. The number of hydrogen-bond acceptors (Lipinski definition) is 4. The number of aliphatic hydroxyl groups is 2. The maximum atomic E-state index is 13.6. The molecule has 5 heteroatoms. The average molecular weight is 272 g/mol. The van der Waals surface area contributed by atoms with Gasteiger partial charge in [-0.25, -0.2) is 4.39 Å². The van der Waals surface area contributed by atoms with Gasteiger partial charge in [0.15, 0.2) is 0 Å². The molecule has 0 radical (unpaired) electrons. The van der Waals surface area contributed by atoms with E-state index in [0.717, 1.165) is 0 Å². The van der Waals surface area contributed by atoms with Gasteiger partial charge in [-0.05, 0) is 32.9 Å². The zero-order valence-electron chi connectivity index (χ0n) is 11.5. The normalized spacial score (nSPS) is 14.5. The van der Waals surface area contributed by atoms with Crippen molar-refractivity contribution in [3.63, 3.8) is 0 Å². The summed E-state index contributed by atoms with van der Waals surface area (Å²) >= 11 is 0. The van der Waals surface area contributed by atoms with Gasteiger partial charge in [-0.1, -0.05) is 0 Å². The molecule has 0 aliphatic heterocycles. The highest BCUT2D eigenvalue weighted by molar-refractivity contribution is 5.30. The molecule has 0 aromatic heterocycles. The van der Waals surface area contributed by atoms with Crippen LogP contribution < -0.4 is 4.74 Å². The molecule has 0 spiro atoms. The minimum absolute atomic E-state index is 0.0280. The van der Waals surface area contributed by atoms with Crippen molar-refractivity contribution in [2.45, 2.75) is 39.1 Å². The van der Waals surface area contributed by atoms with Crippen LogP contribution in [0.15, 0.2) is 18.2 Å². The first-order valence-electron chi connectivity index (χ1n) is 6.30. The SMILES string of the molecule is CC(C)OCC(O)COc1ccc([C@H](C)O)c(F)c1. The van der Waals surface area contributed by atoms with E-state index in [-0.39, 0.29) is 24.9 Å². The van der Waals surface area contributed by atoms with Gasteiger partial charge in [0.25, 0.3) is 0 Å². The van der Waals surface area contributed by atoms with E-state index in [1.165, 1.54) is 19.1 Å². The Morgan fingerprint density at radius 3 is 2.37 bits per heavy atom. The van der Waals surface area contributed by atoms with Gasteiger partial charge in [-0.2, -0.15) is 0 Å². The molecule has 0 saturated heterocycles. The highest BCUT2D eigenvalue weighted by Gasteiger charge is 2.11. The predicted octanol–water partition coefficient (Wildman–Crippen LogP) is 2.04. The molecule has 0 aliphatic rings. The molecule has 4 nitrogen and oxygen atoms in total. The minimum Gasteiger partial charge on any atom is -0.491 e. The third-order valence-corrected chi connectivity index (χ3v) is 2.49. The summed E-state index contributed by atoms with van der Waals surface area (Å²) in [5.74, 6) is -0.217. The third-order valence-electron chi connectivity index (χ3n) is 2.49. The number of aliphatic hydroxyl groups excluding tert-OH is 2. The highest BCUT2D eigenvalue weighted by Crippen LogP contribution is 2.21. The van der Waals surface area contributed by atoms with Crippen LogP contribution in [0.3, 0.4) is 0 Å². The van der Waals surface area contributed by atoms with Crippen LogP contribution in [-0.2, 0) is 4.74 Å². The van der Waals surface area contributed by atoms with E-state index in [2.05, 4.69) is 0 Å². The van der Waals surface area contributed by atoms with E-state index in [9.17, 15) is 14.6 Å². The average Bonchev–Trinajstić information content (AvgIpc) is 2.33. The smallest absolute Gasteiger partial charge is 0.132 e. The topological polar surface area (TPSA) is 58.9 Å². The Bertz CT molecular complexity index is 393. The lowest BCUT2D eigenvalue weighted by atomic mass is 10.1. The predicted molar refractivity (Wildman–Crippen MR) is 69.6 cm³/mol. The maximum absolute atomic E-state index is 13.6. The first-order valence-corrected chi connectivity index (χ1v) is 6.30. The Morgan fingerprint density at radius 2 is 1.84 bits per heavy atom. The molecule has 1 aromatic rings. The Kier molecular flexibility index (Phi) is 6.21. The lowest BCUT2D eigenvalue weighted by molar-refractivity contribution is -0.0123. The summed E-state index contributed by atoms with van der Waals surface area (Å²) in [4.78, 5) is 0. The van der Waals surface area contributed by atoms with E-state index in [0.29, 0.717) is 5.75 Å². The second kappa shape index (κ2) is 7.43. The van der Waals surface area contributed by atoms with Gasteiger partial charge in [0.2, 0.25) is 0 Å². The number of ether oxygens (including phenoxy) is 2. The lowest BCUT2D eigenvalue weighted by Gasteiger charge is -2.15. The fourth-order valence-electron chi connectivity index (χ4n) is 1.48. The molecular formula is C14H21FO4. The maximum Gasteiger partial charge on any atom is 0.132 e. The molecule has 108 valence electrons. The van der Waals surface area contributed by atoms with Crippen LogP contribution in [-0.4, -0.2) is 35.6 Å². The van der Waals surface area contributed by atoms with Gasteiger partial charge in [-0.3, -0.25) is 0 Å². The van der Waals surface area contributed by atoms with Gasteiger partial charge in [0.05, 0.1) is 18.8 Å². The number of halogens is 1. The molecule has 0 saturated carbocycles. The van der Waals surface area contributed by atoms with Gasteiger partial charge >= 0.3 is 0 Å². The van der Waals surface area contributed by atoms with Crippen molar-refractivity contribution in [3.05, 3.63) is 29.6 Å². The fourth-order valence-corrected chi connectivity index (χ4v) is 1.48. The Balaban J connectivity index is 2.47. The van der Waals surface area contributed by atoms with Gasteiger partial charge in [0, 0.05) is 11.6 Å². The molecule has 1 aromatic carbocycles. The van der Waals surface area contributed by atoms with Gasteiger partial charge in [-0.15, -0.1) is 0 Å². The van der Waals surface area contributed by atoms with E-state index in [4.69, 9.17) is 9.47 Å². The van der Waals surface area contributed by atoms with E-state index >= 15 is 0 Å². The van der Waals surface area contributed by atoms with Crippen LogP contribution in [0.4, 0.5) is 4.39 Å². The standard InChI is InChI=1S/C14H21FO4/c1-9(2)18-7-11(17)8-19-12-4-5-13(10(3)16)14(15)6-12/h4-6,9-11,16-17H,7-8H2,1-3H3/t10-,11?/m0/s1. The first-order chi connectivity index (χ1) is 8.90. The van der Waals surface area contributed by atoms with Gasteiger partial charge in [0.1, 0.15) is 24.3 Å². The largest absolute Gasteiger partial charge is 0.491 e. The van der Waals surface area contributed by atoms with Crippen LogP contribution in [0.2, 0.25) is 0 Å². The number of hydrogen-bond donors (Lipinski definition) is 2. The molecule has 0 aliphatic carbocycles. The molecular weight excluding hydrogens is 251 g/mol. The van der Waals surface area contributed by atoms with Crippen molar-refractivity contribution in [2.24, 2.45) is 0 Å². The highest BCUT2D eigenvalue weighted by atomic mass is 19.1. The minimum atomic E-state index is -0.862. The van der Waals surface area contributed by atoms with Gasteiger partial charge < -0.3 is 19.7 Å². The molecule has 2 N–H and O–H groups in total. The van der Waals surface area contributed by atoms with Crippen molar-refractivity contribution < 1.29 is 24.1 Å². The van der Waals surface area contributed by atoms with Crippen LogP contribution >= 0.6 is 0 Å². The first kappa shape index (κ1) is 15.9. The summed E-state index contributed by atoms with van der Waals surface area (Å²) in [7, 11) is 0. The zero-order valence-corrected chi connectivity index (χ0v) is 11.5.